The Bertz CT molecular complexity index is 640. The number of alkyl halides is 3. The SMILES string of the molecule is NC1CC(Cc2ccsc2)CN(c2cccc(C(F)(F)F)c2)C1. The molecule has 1 fully saturated rings. The van der Waals surface area contributed by atoms with Crippen LogP contribution in [0.2, 0.25) is 0 Å². The fourth-order valence-electron chi connectivity index (χ4n) is 3.23. The molecule has 23 heavy (non-hydrogen) atoms. The van der Waals surface area contributed by atoms with Gasteiger partial charge in [0.25, 0.3) is 0 Å². The Morgan fingerprint density at radius 1 is 1.22 bits per heavy atom. The monoisotopic (exact) mass is 340 g/mol. The molecule has 2 aromatic rings. The second-order valence-electron chi connectivity index (χ2n) is 6.15. The molecular weight excluding hydrogens is 321 g/mol. The fourth-order valence-corrected chi connectivity index (χ4v) is 3.91. The van der Waals surface area contributed by atoms with Crippen LogP contribution in [0.15, 0.2) is 41.1 Å². The van der Waals surface area contributed by atoms with Gasteiger partial charge in [-0.2, -0.15) is 24.5 Å². The lowest BCUT2D eigenvalue weighted by Crippen LogP contribution is -2.47. The lowest BCUT2D eigenvalue weighted by molar-refractivity contribution is -0.137. The number of nitrogens with zero attached hydrogens (tertiary/aromatic N) is 1. The van der Waals surface area contributed by atoms with Crippen molar-refractivity contribution >= 4 is 17.0 Å². The topological polar surface area (TPSA) is 29.3 Å². The van der Waals surface area contributed by atoms with E-state index in [0.29, 0.717) is 18.2 Å². The van der Waals surface area contributed by atoms with Gasteiger partial charge in [0.1, 0.15) is 0 Å². The Kier molecular flexibility index (Phi) is 4.64. The van der Waals surface area contributed by atoms with Crippen LogP contribution in [0.4, 0.5) is 18.9 Å². The predicted octanol–water partition coefficient (Wildman–Crippen LogP) is 4.16. The van der Waals surface area contributed by atoms with Crippen LogP contribution in [0, 0.1) is 5.92 Å². The van der Waals surface area contributed by atoms with E-state index >= 15 is 0 Å². The standard InChI is InChI=1S/C17H19F3N2S/c18-17(19,20)14-2-1-3-16(8-14)22-9-13(7-15(21)10-22)6-12-4-5-23-11-12/h1-5,8,11,13,15H,6-7,9-10,21H2. The summed E-state index contributed by atoms with van der Waals surface area (Å²) in [6.07, 6.45) is -2.48. The maximum Gasteiger partial charge on any atom is 0.416 e. The van der Waals surface area contributed by atoms with Gasteiger partial charge < -0.3 is 10.6 Å². The number of nitrogens with two attached hydrogens (primary N) is 1. The summed E-state index contributed by atoms with van der Waals surface area (Å²) in [6, 6.07) is 7.61. The number of benzene rings is 1. The molecule has 1 aromatic heterocycles. The van der Waals surface area contributed by atoms with Gasteiger partial charge in [0, 0.05) is 24.8 Å². The zero-order chi connectivity index (χ0) is 16.4. The lowest BCUT2D eigenvalue weighted by atomic mass is 9.89. The van der Waals surface area contributed by atoms with Crippen molar-refractivity contribution in [2.45, 2.75) is 25.1 Å². The Balaban J connectivity index is 1.76. The van der Waals surface area contributed by atoms with Gasteiger partial charge in [-0.25, -0.2) is 0 Å². The first-order valence-electron chi connectivity index (χ1n) is 7.60. The number of piperidine rings is 1. The van der Waals surface area contributed by atoms with E-state index in [4.69, 9.17) is 5.73 Å². The van der Waals surface area contributed by atoms with E-state index in [1.54, 1.807) is 17.4 Å². The van der Waals surface area contributed by atoms with Crippen molar-refractivity contribution in [3.63, 3.8) is 0 Å². The van der Waals surface area contributed by atoms with Gasteiger partial charge in [0.15, 0.2) is 0 Å². The van der Waals surface area contributed by atoms with Crippen LogP contribution in [0.5, 0.6) is 0 Å². The molecule has 2 nitrogen and oxygen atoms in total. The molecular formula is C17H19F3N2S. The van der Waals surface area contributed by atoms with Crippen LogP contribution in [-0.2, 0) is 12.6 Å². The van der Waals surface area contributed by atoms with Crippen molar-refractivity contribution in [3.8, 4) is 0 Å². The largest absolute Gasteiger partial charge is 0.416 e. The normalized spacial score (nSPS) is 22.3. The van der Waals surface area contributed by atoms with Gasteiger partial charge >= 0.3 is 6.18 Å². The molecule has 6 heteroatoms. The predicted molar refractivity (Wildman–Crippen MR) is 87.8 cm³/mol. The maximum atomic E-state index is 12.9. The van der Waals surface area contributed by atoms with E-state index in [2.05, 4.69) is 11.4 Å². The van der Waals surface area contributed by atoms with Gasteiger partial charge in [-0.3, -0.25) is 0 Å². The number of anilines is 1. The Labute approximate surface area is 137 Å². The Morgan fingerprint density at radius 3 is 2.74 bits per heavy atom. The van der Waals surface area contributed by atoms with Gasteiger partial charge in [-0.15, -0.1) is 0 Å². The molecule has 0 bridgehead atoms. The van der Waals surface area contributed by atoms with Crippen molar-refractivity contribution in [1.82, 2.24) is 0 Å². The lowest BCUT2D eigenvalue weighted by Gasteiger charge is -2.38. The van der Waals surface area contributed by atoms with Crippen LogP contribution >= 0.6 is 11.3 Å². The third kappa shape index (κ3) is 4.06. The molecule has 0 radical (unpaired) electrons. The van der Waals surface area contributed by atoms with Gasteiger partial charge in [0.05, 0.1) is 5.56 Å². The molecule has 124 valence electrons. The summed E-state index contributed by atoms with van der Waals surface area (Å²) in [5.41, 5.74) is 7.41. The highest BCUT2D eigenvalue weighted by atomic mass is 32.1. The van der Waals surface area contributed by atoms with Crippen LogP contribution in [-0.4, -0.2) is 19.1 Å². The molecule has 0 saturated carbocycles. The second kappa shape index (κ2) is 6.53. The third-order valence-electron chi connectivity index (χ3n) is 4.21. The molecule has 2 heterocycles. The van der Waals surface area contributed by atoms with E-state index in [1.165, 1.54) is 17.7 Å². The van der Waals surface area contributed by atoms with E-state index in [9.17, 15) is 13.2 Å². The highest BCUT2D eigenvalue weighted by Crippen LogP contribution is 2.33. The number of hydrogen-bond donors (Lipinski definition) is 1. The smallest absolute Gasteiger partial charge is 0.370 e. The minimum absolute atomic E-state index is 0.0121. The first-order chi connectivity index (χ1) is 10.9. The molecule has 0 spiro atoms. The molecule has 1 aromatic carbocycles. The van der Waals surface area contributed by atoms with Crippen LogP contribution in [0.1, 0.15) is 17.5 Å². The molecule has 1 aliphatic heterocycles. The van der Waals surface area contributed by atoms with E-state index < -0.39 is 11.7 Å². The van der Waals surface area contributed by atoms with Crippen molar-refractivity contribution < 1.29 is 13.2 Å². The van der Waals surface area contributed by atoms with Gasteiger partial charge in [-0.05, 0) is 59.3 Å². The highest BCUT2D eigenvalue weighted by Gasteiger charge is 2.32. The summed E-state index contributed by atoms with van der Waals surface area (Å²) in [5.74, 6) is 0.364. The van der Waals surface area contributed by atoms with Crippen molar-refractivity contribution in [3.05, 3.63) is 52.2 Å². The summed E-state index contributed by atoms with van der Waals surface area (Å²) in [4.78, 5) is 1.99. The van der Waals surface area contributed by atoms with E-state index in [1.807, 2.05) is 10.3 Å². The summed E-state index contributed by atoms with van der Waals surface area (Å²) in [5, 5.41) is 4.16. The van der Waals surface area contributed by atoms with Crippen LogP contribution in [0.3, 0.4) is 0 Å². The van der Waals surface area contributed by atoms with Gasteiger partial charge in [0.2, 0.25) is 0 Å². The van der Waals surface area contributed by atoms with Crippen LogP contribution in [0.25, 0.3) is 0 Å². The summed E-state index contributed by atoms with van der Waals surface area (Å²) < 4.78 is 38.7. The molecule has 2 N–H and O–H groups in total. The second-order valence-corrected chi connectivity index (χ2v) is 6.93. The molecule has 2 unspecified atom stereocenters. The van der Waals surface area contributed by atoms with Crippen molar-refractivity contribution in [2.75, 3.05) is 18.0 Å². The zero-order valence-electron chi connectivity index (χ0n) is 12.6. The number of rotatable bonds is 3. The van der Waals surface area contributed by atoms with Gasteiger partial charge in [-0.1, -0.05) is 6.07 Å². The first-order valence-corrected chi connectivity index (χ1v) is 8.55. The zero-order valence-corrected chi connectivity index (χ0v) is 13.4. The highest BCUT2D eigenvalue weighted by molar-refractivity contribution is 7.07. The first kappa shape index (κ1) is 16.3. The number of halogens is 3. The Morgan fingerprint density at radius 2 is 2.04 bits per heavy atom. The van der Waals surface area contributed by atoms with Crippen molar-refractivity contribution in [1.29, 1.82) is 0 Å². The molecule has 0 aliphatic carbocycles. The molecule has 1 aliphatic rings. The van der Waals surface area contributed by atoms with E-state index in [-0.39, 0.29) is 6.04 Å². The molecule has 1 saturated heterocycles. The summed E-state index contributed by atoms with van der Waals surface area (Å²) >= 11 is 1.66. The molecule has 2 atom stereocenters. The number of hydrogen-bond acceptors (Lipinski definition) is 3. The minimum Gasteiger partial charge on any atom is -0.370 e. The number of thiophene rings is 1. The molecule has 0 amide bonds. The average Bonchev–Trinajstić information content (AvgIpc) is 2.99. The Hall–Kier alpha value is -1.53. The fraction of sp³-hybridized carbons (Fsp3) is 0.412. The minimum atomic E-state index is -4.32. The average molecular weight is 340 g/mol. The third-order valence-corrected chi connectivity index (χ3v) is 4.94. The quantitative estimate of drug-likeness (QED) is 0.909. The van der Waals surface area contributed by atoms with Crippen molar-refractivity contribution in [2.24, 2.45) is 11.7 Å². The molecule has 3 rings (SSSR count). The maximum absolute atomic E-state index is 12.9. The van der Waals surface area contributed by atoms with E-state index in [0.717, 1.165) is 25.5 Å². The summed E-state index contributed by atoms with van der Waals surface area (Å²) in [7, 11) is 0. The summed E-state index contributed by atoms with van der Waals surface area (Å²) in [6.45, 7) is 1.34. The van der Waals surface area contributed by atoms with Crippen LogP contribution < -0.4 is 10.6 Å².